The Balaban J connectivity index is 1.50. The van der Waals surface area contributed by atoms with E-state index in [0.29, 0.717) is 45.0 Å². The lowest BCUT2D eigenvalue weighted by Gasteiger charge is -2.41. The van der Waals surface area contributed by atoms with Crippen LogP contribution in [0, 0.1) is 5.92 Å². The van der Waals surface area contributed by atoms with Gasteiger partial charge in [0.1, 0.15) is 11.5 Å². The van der Waals surface area contributed by atoms with Crippen LogP contribution in [0.25, 0.3) is 0 Å². The summed E-state index contributed by atoms with van der Waals surface area (Å²) in [5.74, 6) is 0.489. The Morgan fingerprint density at radius 2 is 2.07 bits per heavy atom. The van der Waals surface area contributed by atoms with E-state index in [-0.39, 0.29) is 23.8 Å². The molecule has 2 atom stereocenters. The fraction of sp³-hybridized carbons (Fsp3) is 0.571. The molecule has 0 radical (unpaired) electrons. The number of piperazine rings is 1. The van der Waals surface area contributed by atoms with Gasteiger partial charge >= 0.3 is 5.97 Å². The number of aromatic nitrogens is 2. The van der Waals surface area contributed by atoms with Gasteiger partial charge in [0.05, 0.1) is 25.3 Å². The largest absolute Gasteiger partial charge is 0.468 e. The Kier molecular flexibility index (Phi) is 6.19. The third-order valence-corrected chi connectivity index (χ3v) is 5.91. The van der Waals surface area contributed by atoms with E-state index in [1.165, 1.54) is 0 Å². The lowest BCUT2D eigenvalue weighted by molar-refractivity contribution is -0.149. The van der Waals surface area contributed by atoms with E-state index in [9.17, 15) is 9.59 Å². The number of hydrogen-bond donors (Lipinski definition) is 0. The molecule has 0 bridgehead atoms. The Bertz CT molecular complexity index is 865. The molecule has 2 aliphatic rings. The normalized spacial score (nSPS) is 23.1. The average Bonchev–Trinajstić information content (AvgIpc) is 3.35. The molecule has 2 aliphatic heterocycles. The molecule has 2 aromatic heterocycles. The second kappa shape index (κ2) is 9.01. The Hall–Kier alpha value is -2.65. The van der Waals surface area contributed by atoms with Crippen molar-refractivity contribution in [2.75, 3.05) is 45.9 Å². The highest BCUT2D eigenvalue weighted by Gasteiger charge is 2.38. The molecule has 2 saturated heterocycles. The Morgan fingerprint density at radius 3 is 2.77 bits per heavy atom. The first kappa shape index (κ1) is 20.6. The molecule has 0 saturated carbocycles. The van der Waals surface area contributed by atoms with Crippen LogP contribution in [0.1, 0.15) is 23.2 Å². The number of rotatable bonds is 5. The minimum absolute atomic E-state index is 0.00146. The van der Waals surface area contributed by atoms with Crippen molar-refractivity contribution in [3.05, 3.63) is 42.1 Å². The van der Waals surface area contributed by atoms with Gasteiger partial charge < -0.3 is 14.1 Å². The zero-order valence-corrected chi connectivity index (χ0v) is 17.6. The number of carbonyl (C=O) groups excluding carboxylic acids is 2. The molecule has 0 spiro atoms. The molecule has 4 heterocycles. The van der Waals surface area contributed by atoms with Crippen molar-refractivity contribution >= 4 is 11.9 Å². The SMILES string of the molecule is CCOC(=O)[C@@H]1CN(Cc2ccco2)C[C@H]2CN(C(=O)c3ccnn3C)CCN2C1. The van der Waals surface area contributed by atoms with Crippen molar-refractivity contribution in [2.45, 2.75) is 19.5 Å². The zero-order chi connectivity index (χ0) is 21.1. The number of amides is 1. The molecule has 162 valence electrons. The maximum absolute atomic E-state index is 13.0. The van der Waals surface area contributed by atoms with E-state index in [2.05, 4.69) is 14.9 Å². The van der Waals surface area contributed by atoms with Crippen molar-refractivity contribution in [2.24, 2.45) is 13.0 Å². The Labute approximate surface area is 176 Å². The summed E-state index contributed by atoms with van der Waals surface area (Å²) >= 11 is 0. The monoisotopic (exact) mass is 415 g/mol. The smallest absolute Gasteiger partial charge is 0.311 e. The maximum Gasteiger partial charge on any atom is 0.311 e. The molecular weight excluding hydrogens is 386 g/mol. The van der Waals surface area contributed by atoms with Crippen molar-refractivity contribution in [1.82, 2.24) is 24.5 Å². The summed E-state index contributed by atoms with van der Waals surface area (Å²) in [6, 6.07) is 5.71. The number of esters is 1. The fourth-order valence-electron chi connectivity index (χ4n) is 4.42. The van der Waals surface area contributed by atoms with Crippen LogP contribution in [0.2, 0.25) is 0 Å². The van der Waals surface area contributed by atoms with Gasteiger partial charge in [-0.2, -0.15) is 5.10 Å². The van der Waals surface area contributed by atoms with E-state index >= 15 is 0 Å². The van der Waals surface area contributed by atoms with Crippen molar-refractivity contribution in [3.8, 4) is 0 Å². The summed E-state index contributed by atoms with van der Waals surface area (Å²) in [6.45, 7) is 6.84. The lowest BCUT2D eigenvalue weighted by atomic mass is 10.1. The molecular formula is C21H29N5O4. The van der Waals surface area contributed by atoms with Crippen molar-refractivity contribution < 1.29 is 18.7 Å². The topological polar surface area (TPSA) is 84.0 Å². The van der Waals surface area contributed by atoms with E-state index in [1.54, 1.807) is 30.3 Å². The van der Waals surface area contributed by atoms with Gasteiger partial charge in [0.2, 0.25) is 0 Å². The maximum atomic E-state index is 13.0. The average molecular weight is 415 g/mol. The van der Waals surface area contributed by atoms with Crippen LogP contribution < -0.4 is 0 Å². The predicted molar refractivity (Wildman–Crippen MR) is 109 cm³/mol. The number of carbonyl (C=O) groups is 2. The fourth-order valence-corrected chi connectivity index (χ4v) is 4.42. The molecule has 2 aromatic rings. The third kappa shape index (κ3) is 4.41. The van der Waals surface area contributed by atoms with Crippen LogP contribution in [0.3, 0.4) is 0 Å². The second-order valence-electron chi connectivity index (χ2n) is 7.96. The van der Waals surface area contributed by atoms with Crippen molar-refractivity contribution in [1.29, 1.82) is 0 Å². The third-order valence-electron chi connectivity index (χ3n) is 5.91. The van der Waals surface area contributed by atoms with Gasteiger partial charge in [-0.25, -0.2) is 0 Å². The van der Waals surface area contributed by atoms with Gasteiger partial charge in [-0.1, -0.05) is 0 Å². The minimum atomic E-state index is -0.218. The molecule has 30 heavy (non-hydrogen) atoms. The number of hydrogen-bond acceptors (Lipinski definition) is 7. The van der Waals surface area contributed by atoms with E-state index in [0.717, 1.165) is 18.8 Å². The van der Waals surface area contributed by atoms with Gasteiger partial charge in [0, 0.05) is 58.6 Å². The first-order chi connectivity index (χ1) is 14.5. The lowest BCUT2D eigenvalue weighted by Crippen LogP contribution is -2.57. The highest BCUT2D eigenvalue weighted by Crippen LogP contribution is 2.22. The van der Waals surface area contributed by atoms with Gasteiger partial charge in [-0.15, -0.1) is 0 Å². The second-order valence-corrected chi connectivity index (χ2v) is 7.96. The zero-order valence-electron chi connectivity index (χ0n) is 17.6. The minimum Gasteiger partial charge on any atom is -0.468 e. The molecule has 9 heteroatoms. The summed E-state index contributed by atoms with van der Waals surface area (Å²) in [5, 5.41) is 4.12. The van der Waals surface area contributed by atoms with Gasteiger partial charge in [-0.05, 0) is 25.1 Å². The number of furan rings is 1. The van der Waals surface area contributed by atoms with Gasteiger partial charge in [0.25, 0.3) is 5.91 Å². The summed E-state index contributed by atoms with van der Waals surface area (Å²) in [6.07, 6.45) is 3.31. The molecule has 0 aliphatic carbocycles. The van der Waals surface area contributed by atoms with Gasteiger partial charge in [-0.3, -0.25) is 24.1 Å². The molecule has 2 fully saturated rings. The number of ether oxygens (including phenoxy) is 1. The highest BCUT2D eigenvalue weighted by atomic mass is 16.5. The summed E-state index contributed by atoms with van der Waals surface area (Å²) in [4.78, 5) is 32.0. The van der Waals surface area contributed by atoms with E-state index in [4.69, 9.17) is 9.15 Å². The number of nitrogens with zero attached hydrogens (tertiary/aromatic N) is 5. The first-order valence-electron chi connectivity index (χ1n) is 10.5. The number of fused-ring (bicyclic) bond motifs is 1. The Morgan fingerprint density at radius 1 is 1.20 bits per heavy atom. The van der Waals surface area contributed by atoms with Crippen LogP contribution in [0.4, 0.5) is 0 Å². The van der Waals surface area contributed by atoms with Crippen LogP contribution in [-0.4, -0.2) is 88.3 Å². The van der Waals surface area contributed by atoms with Crippen LogP contribution in [0.5, 0.6) is 0 Å². The predicted octanol–water partition coefficient (Wildman–Crippen LogP) is 0.835. The molecule has 9 nitrogen and oxygen atoms in total. The molecule has 0 aromatic carbocycles. The molecule has 0 N–H and O–H groups in total. The van der Waals surface area contributed by atoms with Crippen LogP contribution in [-0.2, 0) is 23.1 Å². The molecule has 1 amide bonds. The standard InChI is InChI=1S/C21H29N5O4/c1-3-29-21(28)16-11-24(15-18-5-4-10-30-18)13-17-14-26(9-8-25(17)12-16)20(27)19-6-7-22-23(19)2/h4-7,10,16-17H,3,8-9,11-15H2,1-2H3/t16-,17+/m1/s1. The van der Waals surface area contributed by atoms with E-state index in [1.807, 2.05) is 24.0 Å². The van der Waals surface area contributed by atoms with Gasteiger partial charge in [0.15, 0.2) is 0 Å². The van der Waals surface area contributed by atoms with Crippen LogP contribution in [0.15, 0.2) is 35.1 Å². The first-order valence-corrected chi connectivity index (χ1v) is 10.5. The number of aryl methyl sites for hydroxylation is 1. The summed E-state index contributed by atoms with van der Waals surface area (Å²) in [5.41, 5.74) is 0.592. The molecule has 4 rings (SSSR count). The van der Waals surface area contributed by atoms with Crippen molar-refractivity contribution in [3.63, 3.8) is 0 Å². The highest BCUT2D eigenvalue weighted by molar-refractivity contribution is 5.92. The van der Waals surface area contributed by atoms with E-state index < -0.39 is 0 Å². The quantitative estimate of drug-likeness (QED) is 0.669. The summed E-state index contributed by atoms with van der Waals surface area (Å²) in [7, 11) is 1.78. The van der Waals surface area contributed by atoms with Crippen LogP contribution >= 0.6 is 0 Å². The molecule has 0 unspecified atom stereocenters. The summed E-state index contributed by atoms with van der Waals surface area (Å²) < 4.78 is 12.5.